The molecule has 0 saturated carbocycles. The highest BCUT2D eigenvalue weighted by Gasteiger charge is 2.28. The second-order valence-corrected chi connectivity index (χ2v) is 8.06. The van der Waals surface area contributed by atoms with Crippen LogP contribution in [0.2, 0.25) is 10.0 Å². The van der Waals surface area contributed by atoms with E-state index in [1.165, 1.54) is 5.56 Å². The molecule has 1 unspecified atom stereocenters. The number of likely N-dealkylation sites (tertiary alicyclic amines) is 1. The van der Waals surface area contributed by atoms with Crippen molar-refractivity contribution in [2.24, 2.45) is 0 Å². The van der Waals surface area contributed by atoms with Gasteiger partial charge in [0, 0.05) is 38.8 Å². The van der Waals surface area contributed by atoms with E-state index < -0.39 is 0 Å². The predicted octanol–water partition coefficient (Wildman–Crippen LogP) is 4.96. The van der Waals surface area contributed by atoms with Crippen molar-refractivity contribution in [2.75, 3.05) is 19.6 Å². The second kappa shape index (κ2) is 9.74. The van der Waals surface area contributed by atoms with Crippen LogP contribution >= 0.6 is 35.4 Å². The summed E-state index contributed by atoms with van der Waals surface area (Å²) in [6, 6.07) is 16.8. The molecule has 1 aliphatic heterocycles. The number of rotatable bonds is 6. The Kier molecular flexibility index (Phi) is 7.36. The Bertz CT molecular complexity index is 769. The lowest BCUT2D eigenvalue weighted by Gasteiger charge is -2.31. The van der Waals surface area contributed by atoms with Gasteiger partial charge in [-0.25, -0.2) is 0 Å². The molecule has 0 radical (unpaired) electrons. The smallest absolute Gasteiger partial charge is 0.169 e. The first-order valence-corrected chi connectivity index (χ1v) is 10.5. The van der Waals surface area contributed by atoms with Crippen molar-refractivity contribution in [1.82, 2.24) is 15.1 Å². The number of likely N-dealkylation sites (N-methyl/N-ethyl adjacent to an activating group) is 1. The fraction of sp³-hybridized carbons (Fsp3) is 0.381. The maximum atomic E-state index is 6.10. The zero-order valence-corrected chi connectivity index (χ0v) is 17.8. The van der Waals surface area contributed by atoms with Gasteiger partial charge >= 0.3 is 0 Å². The summed E-state index contributed by atoms with van der Waals surface area (Å²) in [7, 11) is 0. The molecule has 3 rings (SSSR count). The molecule has 1 heterocycles. The molecule has 1 saturated heterocycles. The average molecular weight is 422 g/mol. The summed E-state index contributed by atoms with van der Waals surface area (Å²) in [5.41, 5.74) is 2.43. The van der Waals surface area contributed by atoms with Crippen LogP contribution in [0, 0.1) is 0 Å². The molecule has 6 heteroatoms. The SMILES string of the molecule is CCN(C(=S)NCc1ccc(Cl)c(Cl)c1)C1CCN(Cc2ccccc2)C1. The molecule has 0 spiro atoms. The molecular weight excluding hydrogens is 397 g/mol. The molecule has 0 aliphatic carbocycles. The van der Waals surface area contributed by atoms with Crippen LogP contribution in [0.4, 0.5) is 0 Å². The van der Waals surface area contributed by atoms with E-state index in [1.54, 1.807) is 0 Å². The molecule has 144 valence electrons. The highest BCUT2D eigenvalue weighted by molar-refractivity contribution is 7.80. The van der Waals surface area contributed by atoms with Crippen molar-refractivity contribution < 1.29 is 0 Å². The van der Waals surface area contributed by atoms with Crippen LogP contribution in [0.5, 0.6) is 0 Å². The molecule has 3 nitrogen and oxygen atoms in total. The van der Waals surface area contributed by atoms with Gasteiger partial charge in [0.2, 0.25) is 0 Å². The fourth-order valence-corrected chi connectivity index (χ4v) is 4.22. The van der Waals surface area contributed by atoms with Crippen LogP contribution in [-0.4, -0.2) is 40.6 Å². The normalized spacial score (nSPS) is 17.1. The van der Waals surface area contributed by atoms with E-state index >= 15 is 0 Å². The first-order valence-electron chi connectivity index (χ1n) is 9.31. The van der Waals surface area contributed by atoms with E-state index in [1.807, 2.05) is 18.2 Å². The van der Waals surface area contributed by atoms with Crippen LogP contribution in [0.1, 0.15) is 24.5 Å². The van der Waals surface area contributed by atoms with Gasteiger partial charge in [0.1, 0.15) is 0 Å². The van der Waals surface area contributed by atoms with Crippen molar-refractivity contribution in [3.63, 3.8) is 0 Å². The first kappa shape index (κ1) is 20.4. The molecule has 1 atom stereocenters. The third-order valence-electron chi connectivity index (χ3n) is 4.97. The van der Waals surface area contributed by atoms with Crippen molar-refractivity contribution >= 4 is 40.5 Å². The van der Waals surface area contributed by atoms with Crippen LogP contribution in [0.25, 0.3) is 0 Å². The highest BCUT2D eigenvalue weighted by atomic mass is 35.5. The van der Waals surface area contributed by atoms with Gasteiger partial charge in [-0.15, -0.1) is 0 Å². The monoisotopic (exact) mass is 421 g/mol. The van der Waals surface area contributed by atoms with Gasteiger partial charge in [0.25, 0.3) is 0 Å². The number of hydrogen-bond acceptors (Lipinski definition) is 2. The molecule has 0 bridgehead atoms. The molecule has 0 amide bonds. The zero-order chi connectivity index (χ0) is 19.2. The van der Waals surface area contributed by atoms with Gasteiger partial charge in [-0.3, -0.25) is 4.90 Å². The van der Waals surface area contributed by atoms with Gasteiger partial charge in [-0.1, -0.05) is 59.6 Å². The summed E-state index contributed by atoms with van der Waals surface area (Å²) in [5, 5.41) is 5.32. The van der Waals surface area contributed by atoms with Gasteiger partial charge in [-0.2, -0.15) is 0 Å². The Morgan fingerprint density at radius 1 is 1.15 bits per heavy atom. The molecule has 1 fully saturated rings. The summed E-state index contributed by atoms with van der Waals surface area (Å²) in [6.07, 6.45) is 1.13. The average Bonchev–Trinajstić information content (AvgIpc) is 3.12. The number of nitrogens with zero attached hydrogens (tertiary/aromatic N) is 2. The van der Waals surface area contributed by atoms with E-state index in [0.717, 1.165) is 43.3 Å². The van der Waals surface area contributed by atoms with Crippen molar-refractivity contribution in [2.45, 2.75) is 32.5 Å². The summed E-state index contributed by atoms with van der Waals surface area (Å²) in [4.78, 5) is 4.81. The molecule has 1 N–H and O–H groups in total. The lowest BCUT2D eigenvalue weighted by molar-refractivity contribution is 0.279. The third-order valence-corrected chi connectivity index (χ3v) is 6.08. The minimum atomic E-state index is 0.451. The zero-order valence-electron chi connectivity index (χ0n) is 15.5. The lowest BCUT2D eigenvalue weighted by Crippen LogP contribution is -2.46. The lowest BCUT2D eigenvalue weighted by atomic mass is 10.2. The van der Waals surface area contributed by atoms with Gasteiger partial charge in [0.05, 0.1) is 10.0 Å². The fourth-order valence-electron chi connectivity index (χ4n) is 3.55. The number of hydrogen-bond donors (Lipinski definition) is 1. The van der Waals surface area contributed by atoms with E-state index in [9.17, 15) is 0 Å². The van der Waals surface area contributed by atoms with Gasteiger partial charge < -0.3 is 10.2 Å². The number of benzene rings is 2. The van der Waals surface area contributed by atoms with Crippen LogP contribution in [0.3, 0.4) is 0 Å². The van der Waals surface area contributed by atoms with E-state index in [2.05, 4.69) is 52.4 Å². The molecule has 0 aromatic heterocycles. The Morgan fingerprint density at radius 2 is 1.93 bits per heavy atom. The Hall–Kier alpha value is -1.33. The Morgan fingerprint density at radius 3 is 2.63 bits per heavy atom. The standard InChI is InChI=1S/C21H25Cl2N3S/c1-2-26(21(27)24-13-17-8-9-19(22)20(23)12-17)18-10-11-25(15-18)14-16-6-4-3-5-7-16/h3-9,12,18H,2,10-11,13-15H2,1H3,(H,24,27). The van der Waals surface area contributed by atoms with Gasteiger partial charge in [0.15, 0.2) is 5.11 Å². The molecule has 27 heavy (non-hydrogen) atoms. The van der Waals surface area contributed by atoms with Gasteiger partial charge in [-0.05, 0) is 48.8 Å². The third kappa shape index (κ3) is 5.58. The Labute approximate surface area is 177 Å². The summed E-state index contributed by atoms with van der Waals surface area (Å²) in [6.45, 7) is 6.85. The summed E-state index contributed by atoms with van der Waals surface area (Å²) >= 11 is 17.8. The summed E-state index contributed by atoms with van der Waals surface area (Å²) in [5.74, 6) is 0. The number of thiocarbonyl (C=S) groups is 1. The van der Waals surface area contributed by atoms with Crippen LogP contribution in [0.15, 0.2) is 48.5 Å². The predicted molar refractivity (Wildman–Crippen MR) is 118 cm³/mol. The minimum absolute atomic E-state index is 0.451. The van der Waals surface area contributed by atoms with Crippen molar-refractivity contribution in [3.05, 3.63) is 69.7 Å². The van der Waals surface area contributed by atoms with Crippen LogP contribution in [-0.2, 0) is 13.1 Å². The Balaban J connectivity index is 1.53. The molecule has 1 aliphatic rings. The molecule has 2 aromatic carbocycles. The van der Waals surface area contributed by atoms with E-state index in [-0.39, 0.29) is 0 Å². The highest BCUT2D eigenvalue weighted by Crippen LogP contribution is 2.23. The van der Waals surface area contributed by atoms with E-state index in [0.29, 0.717) is 22.6 Å². The summed E-state index contributed by atoms with van der Waals surface area (Å²) < 4.78 is 0. The van der Waals surface area contributed by atoms with Crippen molar-refractivity contribution in [3.8, 4) is 0 Å². The second-order valence-electron chi connectivity index (χ2n) is 6.86. The maximum Gasteiger partial charge on any atom is 0.169 e. The minimum Gasteiger partial charge on any atom is -0.358 e. The first-order chi connectivity index (χ1) is 13.1. The van der Waals surface area contributed by atoms with E-state index in [4.69, 9.17) is 35.4 Å². The maximum absolute atomic E-state index is 6.10. The number of nitrogens with one attached hydrogen (secondary N) is 1. The largest absolute Gasteiger partial charge is 0.358 e. The molecule has 2 aromatic rings. The van der Waals surface area contributed by atoms with Crippen LogP contribution < -0.4 is 5.32 Å². The van der Waals surface area contributed by atoms with Crippen molar-refractivity contribution in [1.29, 1.82) is 0 Å². The molecular formula is C21H25Cl2N3S. The topological polar surface area (TPSA) is 18.5 Å². The quantitative estimate of drug-likeness (QED) is 0.663. The number of halogens is 2.